The number of benzene rings is 1. The van der Waals surface area contributed by atoms with Crippen molar-refractivity contribution in [1.29, 1.82) is 0 Å². The van der Waals surface area contributed by atoms with E-state index in [1.54, 1.807) is 19.2 Å². The van der Waals surface area contributed by atoms with Gasteiger partial charge in [0.15, 0.2) is 0 Å². The summed E-state index contributed by atoms with van der Waals surface area (Å²) >= 11 is 0. The Kier molecular flexibility index (Phi) is 3.40. The van der Waals surface area contributed by atoms with Crippen molar-refractivity contribution >= 4 is 6.16 Å². The van der Waals surface area contributed by atoms with Crippen molar-refractivity contribution in [2.75, 3.05) is 6.61 Å². The highest BCUT2D eigenvalue weighted by Crippen LogP contribution is 2.16. The van der Waals surface area contributed by atoms with Gasteiger partial charge in [-0.3, -0.25) is 0 Å². The highest BCUT2D eigenvalue weighted by Gasteiger charge is 2.11. The first-order chi connectivity index (χ1) is 8.31. The van der Waals surface area contributed by atoms with Crippen molar-refractivity contribution in [3.05, 3.63) is 42.6 Å². The molecule has 1 heterocycles. The lowest BCUT2D eigenvalue weighted by Gasteiger charge is -2.07. The van der Waals surface area contributed by atoms with Crippen molar-refractivity contribution in [2.45, 2.75) is 6.92 Å². The summed E-state index contributed by atoms with van der Waals surface area (Å²) in [5.74, 6) is 0.328. The fourth-order valence-electron chi connectivity index (χ4n) is 1.36. The molecule has 2 aromatic rings. The van der Waals surface area contributed by atoms with E-state index in [1.807, 2.05) is 30.3 Å². The third-order valence-corrected chi connectivity index (χ3v) is 2.06. The topological polar surface area (TPSA) is 53.4 Å². The van der Waals surface area contributed by atoms with Crippen LogP contribution < -0.4 is 4.74 Å². The van der Waals surface area contributed by atoms with Crippen LogP contribution in [0.5, 0.6) is 5.88 Å². The fourth-order valence-corrected chi connectivity index (χ4v) is 1.36. The van der Waals surface area contributed by atoms with Crippen molar-refractivity contribution < 1.29 is 14.3 Å². The molecule has 0 unspecified atom stereocenters. The molecule has 5 heteroatoms. The maximum absolute atomic E-state index is 11.2. The summed E-state index contributed by atoms with van der Waals surface area (Å²) in [4.78, 5) is 11.2. The highest BCUT2D eigenvalue weighted by molar-refractivity contribution is 5.63. The molecule has 0 atom stereocenters. The van der Waals surface area contributed by atoms with Crippen LogP contribution in [0.4, 0.5) is 4.79 Å². The largest absolute Gasteiger partial charge is 0.515 e. The van der Waals surface area contributed by atoms with Crippen LogP contribution in [-0.2, 0) is 4.74 Å². The molecule has 1 aromatic heterocycles. The van der Waals surface area contributed by atoms with Crippen molar-refractivity contribution in [3.8, 4) is 11.6 Å². The van der Waals surface area contributed by atoms with Gasteiger partial charge in [0.2, 0.25) is 5.88 Å². The van der Waals surface area contributed by atoms with E-state index in [2.05, 4.69) is 5.10 Å². The van der Waals surface area contributed by atoms with Crippen molar-refractivity contribution in [3.63, 3.8) is 0 Å². The van der Waals surface area contributed by atoms with Gasteiger partial charge in [-0.2, -0.15) is 5.10 Å². The number of carbonyl (C=O) groups excluding carboxylic acids is 1. The maximum Gasteiger partial charge on any atom is 0.515 e. The van der Waals surface area contributed by atoms with E-state index in [0.29, 0.717) is 5.88 Å². The van der Waals surface area contributed by atoms with Gasteiger partial charge in [0.25, 0.3) is 0 Å². The Morgan fingerprint density at radius 3 is 2.76 bits per heavy atom. The van der Waals surface area contributed by atoms with E-state index in [-0.39, 0.29) is 6.61 Å². The molecular formula is C12H12N2O3. The Hall–Kier alpha value is -2.30. The average Bonchev–Trinajstić information content (AvgIpc) is 2.78. The third-order valence-electron chi connectivity index (χ3n) is 2.06. The van der Waals surface area contributed by atoms with Crippen LogP contribution in [0.15, 0.2) is 42.6 Å². The number of carbonyl (C=O) groups is 1. The minimum atomic E-state index is -0.731. The summed E-state index contributed by atoms with van der Waals surface area (Å²) in [5.41, 5.74) is 0.816. The van der Waals surface area contributed by atoms with E-state index in [4.69, 9.17) is 9.47 Å². The summed E-state index contributed by atoms with van der Waals surface area (Å²) < 4.78 is 11.2. The molecule has 0 spiro atoms. The van der Waals surface area contributed by atoms with Gasteiger partial charge in [-0.1, -0.05) is 18.2 Å². The molecule has 0 aliphatic carbocycles. The number of hydrogen-bond acceptors (Lipinski definition) is 4. The predicted octanol–water partition coefficient (Wildman–Crippen LogP) is 2.41. The van der Waals surface area contributed by atoms with E-state index < -0.39 is 6.16 Å². The quantitative estimate of drug-likeness (QED) is 0.762. The summed E-state index contributed by atoms with van der Waals surface area (Å²) in [6.07, 6.45) is 0.826. The normalized spacial score (nSPS) is 9.94. The minimum Gasteiger partial charge on any atom is -0.434 e. The molecule has 0 N–H and O–H groups in total. The molecule has 17 heavy (non-hydrogen) atoms. The van der Waals surface area contributed by atoms with E-state index >= 15 is 0 Å². The van der Waals surface area contributed by atoms with Crippen LogP contribution in [0.1, 0.15) is 6.92 Å². The second-order valence-corrected chi connectivity index (χ2v) is 3.20. The molecule has 2 rings (SSSR count). The Labute approximate surface area is 98.6 Å². The minimum absolute atomic E-state index is 0.276. The van der Waals surface area contributed by atoms with Crippen LogP contribution >= 0.6 is 0 Å². The number of ether oxygens (including phenoxy) is 2. The molecule has 0 saturated carbocycles. The zero-order valence-electron chi connectivity index (χ0n) is 9.37. The van der Waals surface area contributed by atoms with Crippen LogP contribution in [0.2, 0.25) is 0 Å². The van der Waals surface area contributed by atoms with Crippen molar-refractivity contribution in [1.82, 2.24) is 9.78 Å². The fraction of sp³-hybridized carbons (Fsp3) is 0.167. The molecule has 0 saturated heterocycles. The molecule has 1 aromatic carbocycles. The zero-order chi connectivity index (χ0) is 12.1. The van der Waals surface area contributed by atoms with Crippen molar-refractivity contribution in [2.24, 2.45) is 0 Å². The lowest BCUT2D eigenvalue weighted by atomic mass is 10.3. The monoisotopic (exact) mass is 232 g/mol. The standard InChI is InChI=1S/C12H12N2O3/c1-2-16-12(15)17-11-8-9-13-14(11)10-6-4-3-5-7-10/h3-9H,2H2,1H3. The Morgan fingerprint density at radius 2 is 2.06 bits per heavy atom. The lowest BCUT2D eigenvalue weighted by molar-refractivity contribution is 0.101. The van der Waals surface area contributed by atoms with Gasteiger partial charge < -0.3 is 9.47 Å². The van der Waals surface area contributed by atoms with Gasteiger partial charge in [-0.15, -0.1) is 0 Å². The summed E-state index contributed by atoms with van der Waals surface area (Å²) in [6, 6.07) is 11.0. The van der Waals surface area contributed by atoms with Gasteiger partial charge >= 0.3 is 6.16 Å². The smallest absolute Gasteiger partial charge is 0.434 e. The molecule has 5 nitrogen and oxygen atoms in total. The first kappa shape index (κ1) is 11.2. The van der Waals surface area contributed by atoms with Gasteiger partial charge in [0.05, 0.1) is 18.5 Å². The van der Waals surface area contributed by atoms with Crippen LogP contribution in [-0.4, -0.2) is 22.5 Å². The average molecular weight is 232 g/mol. The molecule has 88 valence electrons. The zero-order valence-corrected chi connectivity index (χ0v) is 9.37. The van der Waals surface area contributed by atoms with E-state index in [1.165, 1.54) is 4.68 Å². The SMILES string of the molecule is CCOC(=O)Oc1ccnn1-c1ccccc1. The van der Waals surface area contributed by atoms with Crippen LogP contribution in [0.3, 0.4) is 0 Å². The molecule has 0 radical (unpaired) electrons. The number of para-hydroxylation sites is 1. The molecule has 0 fully saturated rings. The van der Waals surface area contributed by atoms with E-state index in [0.717, 1.165) is 5.69 Å². The number of rotatable bonds is 3. The lowest BCUT2D eigenvalue weighted by Crippen LogP contribution is -2.12. The number of nitrogens with zero attached hydrogens (tertiary/aromatic N) is 2. The first-order valence-electron chi connectivity index (χ1n) is 5.25. The van der Waals surface area contributed by atoms with Gasteiger partial charge in [0.1, 0.15) is 0 Å². The summed E-state index contributed by atoms with van der Waals surface area (Å²) in [6.45, 7) is 1.99. The predicted molar refractivity (Wildman–Crippen MR) is 61.2 cm³/mol. The van der Waals surface area contributed by atoms with Gasteiger partial charge in [-0.05, 0) is 19.1 Å². The number of aromatic nitrogens is 2. The molecule has 0 bridgehead atoms. The van der Waals surface area contributed by atoms with Crippen LogP contribution in [0.25, 0.3) is 5.69 Å². The summed E-state index contributed by atoms with van der Waals surface area (Å²) in [5, 5.41) is 4.08. The van der Waals surface area contributed by atoms with Crippen LogP contribution in [0, 0.1) is 0 Å². The molecule has 0 aliphatic rings. The summed E-state index contributed by atoms with van der Waals surface area (Å²) in [7, 11) is 0. The molecule has 0 amide bonds. The first-order valence-corrected chi connectivity index (χ1v) is 5.25. The second kappa shape index (κ2) is 5.16. The van der Waals surface area contributed by atoms with E-state index in [9.17, 15) is 4.79 Å². The Balaban J connectivity index is 2.20. The highest BCUT2D eigenvalue weighted by atomic mass is 16.7. The second-order valence-electron chi connectivity index (χ2n) is 3.20. The molecule has 0 aliphatic heterocycles. The van der Waals surface area contributed by atoms with Gasteiger partial charge in [-0.25, -0.2) is 9.48 Å². The number of hydrogen-bond donors (Lipinski definition) is 0. The van der Waals surface area contributed by atoms with Gasteiger partial charge in [0, 0.05) is 6.07 Å². The Bertz CT molecular complexity index is 493. The third kappa shape index (κ3) is 2.63. The Morgan fingerprint density at radius 1 is 1.29 bits per heavy atom. The molecular weight excluding hydrogens is 220 g/mol. The maximum atomic E-state index is 11.2.